The molecule has 0 saturated heterocycles. The molecule has 0 heterocycles. The highest BCUT2D eigenvalue weighted by atomic mass is 14.9. The van der Waals surface area contributed by atoms with Gasteiger partial charge in [0.2, 0.25) is 0 Å². The summed E-state index contributed by atoms with van der Waals surface area (Å²) >= 11 is 0. The van der Waals surface area contributed by atoms with Crippen LogP contribution in [0.15, 0.2) is 0 Å². The van der Waals surface area contributed by atoms with Gasteiger partial charge in [0.25, 0.3) is 0 Å². The fourth-order valence-electron chi connectivity index (χ4n) is 1.56. The predicted octanol–water partition coefficient (Wildman–Crippen LogP) is 2.17. The normalized spacial score (nSPS) is 30.0. The molecule has 0 amide bonds. The van der Waals surface area contributed by atoms with Crippen LogP contribution in [0.2, 0.25) is 0 Å². The van der Waals surface area contributed by atoms with E-state index >= 15 is 0 Å². The van der Waals surface area contributed by atoms with Crippen molar-refractivity contribution in [3.05, 3.63) is 0 Å². The summed E-state index contributed by atoms with van der Waals surface area (Å²) in [5.74, 6) is 1.01. The van der Waals surface area contributed by atoms with Gasteiger partial charge in [-0.2, -0.15) is 0 Å². The third-order valence-electron chi connectivity index (χ3n) is 3.28. The van der Waals surface area contributed by atoms with Crippen LogP contribution in [0.4, 0.5) is 0 Å². The van der Waals surface area contributed by atoms with Gasteiger partial charge in [0.15, 0.2) is 0 Å². The van der Waals surface area contributed by atoms with E-state index < -0.39 is 0 Å². The van der Waals surface area contributed by atoms with Crippen molar-refractivity contribution in [2.45, 2.75) is 45.6 Å². The zero-order valence-electron chi connectivity index (χ0n) is 7.69. The van der Waals surface area contributed by atoms with Crippen LogP contribution in [0.25, 0.3) is 0 Å². The summed E-state index contributed by atoms with van der Waals surface area (Å²) in [6.45, 7) is 5.98. The van der Waals surface area contributed by atoms with E-state index in [9.17, 15) is 0 Å². The Morgan fingerprint density at radius 1 is 1.45 bits per heavy atom. The Balaban J connectivity index is 1.65. The molecule has 2 aliphatic rings. The van der Waals surface area contributed by atoms with Crippen molar-refractivity contribution in [3.63, 3.8) is 0 Å². The van der Waals surface area contributed by atoms with Crippen LogP contribution in [0.1, 0.15) is 39.5 Å². The third kappa shape index (κ3) is 1.96. The van der Waals surface area contributed by atoms with Gasteiger partial charge in [0, 0.05) is 12.6 Å². The molecule has 0 aliphatic heterocycles. The smallest absolute Gasteiger partial charge is 0.00672 e. The molecule has 0 aromatic carbocycles. The molecule has 2 fully saturated rings. The van der Waals surface area contributed by atoms with Crippen molar-refractivity contribution >= 4 is 0 Å². The quantitative estimate of drug-likeness (QED) is 0.652. The summed E-state index contributed by atoms with van der Waals surface area (Å²) in [5, 5.41) is 3.65. The third-order valence-corrected chi connectivity index (χ3v) is 3.28. The number of rotatable bonds is 4. The maximum absolute atomic E-state index is 3.65. The lowest BCUT2D eigenvalue weighted by atomic mass is 10.1. The van der Waals surface area contributed by atoms with Gasteiger partial charge in [-0.05, 0) is 43.9 Å². The number of hydrogen-bond donors (Lipinski definition) is 1. The van der Waals surface area contributed by atoms with Crippen LogP contribution in [0.3, 0.4) is 0 Å². The van der Waals surface area contributed by atoms with Crippen molar-refractivity contribution in [3.8, 4) is 0 Å². The van der Waals surface area contributed by atoms with E-state index in [4.69, 9.17) is 0 Å². The maximum Gasteiger partial charge on any atom is 0.00672 e. The lowest BCUT2D eigenvalue weighted by Crippen LogP contribution is -2.32. The first-order chi connectivity index (χ1) is 5.20. The molecule has 11 heavy (non-hydrogen) atoms. The van der Waals surface area contributed by atoms with E-state index in [1.165, 1.54) is 32.2 Å². The molecule has 2 rings (SSSR count). The second-order valence-electron chi connectivity index (χ2n) is 4.82. The van der Waals surface area contributed by atoms with Crippen LogP contribution < -0.4 is 5.32 Å². The number of nitrogens with one attached hydrogen (secondary N) is 1. The minimum Gasteiger partial charge on any atom is -0.313 e. The summed E-state index contributed by atoms with van der Waals surface area (Å²) in [6.07, 6.45) is 5.81. The van der Waals surface area contributed by atoms with Gasteiger partial charge in [-0.1, -0.05) is 6.92 Å². The summed E-state index contributed by atoms with van der Waals surface area (Å²) in [4.78, 5) is 0. The zero-order valence-corrected chi connectivity index (χ0v) is 7.69. The highest BCUT2D eigenvalue weighted by molar-refractivity contribution is 4.92. The topological polar surface area (TPSA) is 12.0 Å². The van der Waals surface area contributed by atoms with E-state index in [0.29, 0.717) is 5.41 Å². The maximum atomic E-state index is 3.65. The monoisotopic (exact) mass is 153 g/mol. The molecule has 1 atom stereocenters. The molecule has 1 unspecified atom stereocenters. The van der Waals surface area contributed by atoms with Gasteiger partial charge in [-0.3, -0.25) is 0 Å². The molecule has 1 nitrogen and oxygen atoms in total. The van der Waals surface area contributed by atoms with Gasteiger partial charge in [0.05, 0.1) is 0 Å². The van der Waals surface area contributed by atoms with E-state index in [0.717, 1.165) is 12.0 Å². The molecule has 0 spiro atoms. The molecule has 0 radical (unpaired) electrons. The van der Waals surface area contributed by atoms with Crippen molar-refractivity contribution in [1.82, 2.24) is 5.32 Å². The molecule has 0 aromatic rings. The van der Waals surface area contributed by atoms with Crippen molar-refractivity contribution < 1.29 is 0 Å². The average molecular weight is 153 g/mol. The SMILES string of the molecule is CC(NCC1(C)CC1)C1CC1. The van der Waals surface area contributed by atoms with Crippen LogP contribution >= 0.6 is 0 Å². The summed E-state index contributed by atoms with van der Waals surface area (Å²) in [5.41, 5.74) is 0.684. The zero-order chi connectivity index (χ0) is 7.90. The molecule has 0 bridgehead atoms. The fraction of sp³-hybridized carbons (Fsp3) is 1.00. The first-order valence-electron chi connectivity index (χ1n) is 4.93. The van der Waals surface area contributed by atoms with Gasteiger partial charge in [-0.15, -0.1) is 0 Å². The van der Waals surface area contributed by atoms with Crippen LogP contribution in [-0.4, -0.2) is 12.6 Å². The standard InChI is InChI=1S/C10H19N/c1-8(9-3-4-9)11-7-10(2)5-6-10/h8-9,11H,3-7H2,1-2H3. The van der Waals surface area contributed by atoms with Gasteiger partial charge in [-0.25, -0.2) is 0 Å². The second-order valence-corrected chi connectivity index (χ2v) is 4.82. The molecule has 64 valence electrons. The lowest BCUT2D eigenvalue weighted by molar-refractivity contribution is 0.423. The lowest BCUT2D eigenvalue weighted by Gasteiger charge is -2.15. The Morgan fingerprint density at radius 3 is 2.55 bits per heavy atom. The minimum atomic E-state index is 0.684. The molecular weight excluding hydrogens is 134 g/mol. The van der Waals surface area contributed by atoms with E-state index in [1.807, 2.05) is 0 Å². The summed E-state index contributed by atoms with van der Waals surface area (Å²) in [7, 11) is 0. The van der Waals surface area contributed by atoms with Gasteiger partial charge in [0.1, 0.15) is 0 Å². The molecule has 2 saturated carbocycles. The summed E-state index contributed by atoms with van der Waals surface area (Å²) in [6, 6.07) is 0.785. The Kier molecular flexibility index (Phi) is 1.71. The Bertz CT molecular complexity index is 145. The van der Waals surface area contributed by atoms with Crippen molar-refractivity contribution in [2.24, 2.45) is 11.3 Å². The molecule has 2 aliphatic carbocycles. The Hall–Kier alpha value is -0.0400. The average Bonchev–Trinajstić information content (AvgIpc) is 2.76. The van der Waals surface area contributed by atoms with Crippen LogP contribution in [-0.2, 0) is 0 Å². The van der Waals surface area contributed by atoms with Crippen LogP contribution in [0, 0.1) is 11.3 Å². The van der Waals surface area contributed by atoms with Crippen molar-refractivity contribution in [2.75, 3.05) is 6.54 Å². The predicted molar refractivity (Wildman–Crippen MR) is 47.5 cm³/mol. The van der Waals surface area contributed by atoms with Gasteiger partial charge < -0.3 is 5.32 Å². The van der Waals surface area contributed by atoms with Gasteiger partial charge >= 0.3 is 0 Å². The second kappa shape index (κ2) is 2.48. The Labute approximate surface area is 69.6 Å². The first-order valence-corrected chi connectivity index (χ1v) is 4.93. The highest BCUT2D eigenvalue weighted by Gasteiger charge is 2.38. The largest absolute Gasteiger partial charge is 0.313 e. The first kappa shape index (κ1) is 7.60. The molecule has 1 N–H and O–H groups in total. The van der Waals surface area contributed by atoms with Crippen molar-refractivity contribution in [1.29, 1.82) is 0 Å². The van der Waals surface area contributed by atoms with Crippen LogP contribution in [0.5, 0.6) is 0 Å². The summed E-state index contributed by atoms with van der Waals surface area (Å²) < 4.78 is 0. The molecule has 0 aromatic heterocycles. The number of hydrogen-bond acceptors (Lipinski definition) is 1. The highest BCUT2D eigenvalue weighted by Crippen LogP contribution is 2.44. The molecular formula is C10H19N. The molecule has 1 heteroatoms. The van der Waals surface area contributed by atoms with E-state index in [2.05, 4.69) is 19.2 Å². The Morgan fingerprint density at radius 2 is 2.09 bits per heavy atom. The van der Waals surface area contributed by atoms with E-state index in [-0.39, 0.29) is 0 Å². The minimum absolute atomic E-state index is 0.684. The fourth-order valence-corrected chi connectivity index (χ4v) is 1.56. The van der Waals surface area contributed by atoms with E-state index in [1.54, 1.807) is 0 Å².